The molecule has 0 aromatic carbocycles. The zero-order valence-electron chi connectivity index (χ0n) is 11.1. The normalized spacial score (nSPS) is 11.0. The average Bonchev–Trinajstić information content (AvgIpc) is 3.00. The lowest BCUT2D eigenvalue weighted by molar-refractivity contribution is 0.615. The Morgan fingerprint density at radius 3 is 2.94 bits per heavy atom. The largest absolute Gasteiger partial charge is 0.329 e. The monoisotopic (exact) mass is 247 g/mol. The molecule has 0 unspecified atom stereocenters. The van der Waals surface area contributed by atoms with Crippen LogP contribution in [-0.4, -0.2) is 25.9 Å². The fraction of sp³-hybridized carbons (Fsp3) is 0.538. The van der Waals surface area contributed by atoms with E-state index < -0.39 is 0 Å². The molecule has 0 radical (unpaired) electrons. The highest BCUT2D eigenvalue weighted by molar-refractivity contribution is 5.07. The zero-order valence-corrected chi connectivity index (χ0v) is 11.1. The molecule has 0 bridgehead atoms. The van der Waals surface area contributed by atoms with Gasteiger partial charge in [0.15, 0.2) is 0 Å². The Labute approximate surface area is 108 Å². The van der Waals surface area contributed by atoms with Gasteiger partial charge in [-0.2, -0.15) is 5.10 Å². The summed E-state index contributed by atoms with van der Waals surface area (Å²) in [6.07, 6.45) is 9.03. The third-order valence-corrected chi connectivity index (χ3v) is 2.88. The first-order valence-electron chi connectivity index (χ1n) is 6.55. The van der Waals surface area contributed by atoms with Crippen LogP contribution in [0, 0.1) is 0 Å². The van der Waals surface area contributed by atoms with Crippen molar-refractivity contribution in [2.45, 2.75) is 39.9 Å². The molecule has 0 aliphatic carbocycles. The molecule has 2 aromatic heterocycles. The molecule has 2 aromatic rings. The third-order valence-electron chi connectivity index (χ3n) is 2.88. The Bertz CT molecular complexity index is 471. The second-order valence-corrected chi connectivity index (χ2v) is 4.35. The minimum Gasteiger partial charge on any atom is -0.329 e. The Morgan fingerprint density at radius 2 is 2.22 bits per heavy atom. The van der Waals surface area contributed by atoms with Crippen molar-refractivity contribution < 1.29 is 0 Å². The van der Waals surface area contributed by atoms with Crippen molar-refractivity contribution >= 4 is 0 Å². The zero-order chi connectivity index (χ0) is 12.8. The van der Waals surface area contributed by atoms with E-state index in [-0.39, 0.29) is 0 Å². The van der Waals surface area contributed by atoms with E-state index in [1.807, 2.05) is 23.3 Å². The van der Waals surface area contributed by atoms with Crippen molar-refractivity contribution in [1.82, 2.24) is 24.6 Å². The van der Waals surface area contributed by atoms with Gasteiger partial charge in [-0.3, -0.25) is 4.68 Å². The van der Waals surface area contributed by atoms with Gasteiger partial charge in [-0.15, -0.1) is 0 Å². The molecule has 5 heteroatoms. The molecular formula is C13H21N5. The van der Waals surface area contributed by atoms with Crippen LogP contribution in [0.5, 0.6) is 0 Å². The Balaban J connectivity index is 1.98. The maximum atomic E-state index is 4.38. The van der Waals surface area contributed by atoms with Gasteiger partial charge in [-0.25, -0.2) is 4.98 Å². The molecule has 0 saturated carbocycles. The van der Waals surface area contributed by atoms with Crippen LogP contribution in [0.4, 0.5) is 0 Å². The number of hydrogen-bond donors (Lipinski definition) is 1. The van der Waals surface area contributed by atoms with Crippen molar-refractivity contribution in [3.05, 3.63) is 36.2 Å². The summed E-state index contributed by atoms with van der Waals surface area (Å²) < 4.78 is 4.11. The van der Waals surface area contributed by atoms with Gasteiger partial charge in [-0.05, 0) is 19.9 Å². The second-order valence-electron chi connectivity index (χ2n) is 4.35. The van der Waals surface area contributed by atoms with Crippen molar-refractivity contribution in [3.63, 3.8) is 0 Å². The van der Waals surface area contributed by atoms with Gasteiger partial charge in [-0.1, -0.05) is 6.92 Å². The second kappa shape index (κ2) is 6.35. The first-order chi connectivity index (χ1) is 8.83. The van der Waals surface area contributed by atoms with Crippen molar-refractivity contribution in [3.8, 4) is 0 Å². The lowest BCUT2D eigenvalue weighted by atomic mass is 10.3. The van der Waals surface area contributed by atoms with Gasteiger partial charge in [0.2, 0.25) is 0 Å². The molecule has 18 heavy (non-hydrogen) atoms. The fourth-order valence-corrected chi connectivity index (χ4v) is 1.89. The van der Waals surface area contributed by atoms with Crippen LogP contribution in [0.25, 0.3) is 0 Å². The summed E-state index contributed by atoms with van der Waals surface area (Å²) in [6, 6.07) is 0. The molecule has 0 atom stereocenters. The summed E-state index contributed by atoms with van der Waals surface area (Å²) in [7, 11) is 0. The molecule has 0 spiro atoms. The molecule has 2 heterocycles. The summed E-state index contributed by atoms with van der Waals surface area (Å²) in [5.74, 6) is 1.08. The van der Waals surface area contributed by atoms with Gasteiger partial charge < -0.3 is 9.88 Å². The summed E-state index contributed by atoms with van der Waals surface area (Å²) in [5.41, 5.74) is 1.21. The van der Waals surface area contributed by atoms with Crippen molar-refractivity contribution in [1.29, 1.82) is 0 Å². The van der Waals surface area contributed by atoms with Crippen molar-refractivity contribution in [2.24, 2.45) is 0 Å². The van der Waals surface area contributed by atoms with Gasteiger partial charge in [0.1, 0.15) is 5.82 Å². The first-order valence-corrected chi connectivity index (χ1v) is 6.55. The Hall–Kier alpha value is -1.62. The van der Waals surface area contributed by atoms with Crippen LogP contribution < -0.4 is 5.32 Å². The summed E-state index contributed by atoms with van der Waals surface area (Å²) in [4.78, 5) is 4.38. The summed E-state index contributed by atoms with van der Waals surface area (Å²) >= 11 is 0. The maximum absolute atomic E-state index is 4.38. The van der Waals surface area contributed by atoms with E-state index in [1.165, 1.54) is 5.56 Å². The summed E-state index contributed by atoms with van der Waals surface area (Å²) in [5, 5.41) is 7.66. The van der Waals surface area contributed by atoms with Crippen LogP contribution >= 0.6 is 0 Å². The number of rotatable bonds is 7. The third kappa shape index (κ3) is 3.20. The number of imidazole rings is 1. The van der Waals surface area contributed by atoms with Crippen molar-refractivity contribution in [2.75, 3.05) is 6.54 Å². The topological polar surface area (TPSA) is 47.7 Å². The van der Waals surface area contributed by atoms with Gasteiger partial charge in [0.05, 0.1) is 19.3 Å². The predicted octanol–water partition coefficient (Wildman–Crippen LogP) is 1.65. The van der Waals surface area contributed by atoms with Crippen LogP contribution in [0.1, 0.15) is 31.7 Å². The van der Waals surface area contributed by atoms with Gasteiger partial charge in [0.25, 0.3) is 0 Å². The smallest absolute Gasteiger partial charge is 0.122 e. The molecule has 1 N–H and O–H groups in total. The molecule has 0 fully saturated rings. The SMILES string of the molecule is CCCNCc1nccn1Cc1cnn(CC)c1. The quantitative estimate of drug-likeness (QED) is 0.757. The molecule has 0 amide bonds. The van der Waals surface area contributed by atoms with E-state index in [1.54, 1.807) is 0 Å². The molecule has 5 nitrogen and oxygen atoms in total. The molecule has 0 saturated heterocycles. The molecule has 98 valence electrons. The van der Waals surface area contributed by atoms with E-state index in [0.29, 0.717) is 0 Å². The number of hydrogen-bond acceptors (Lipinski definition) is 3. The van der Waals surface area contributed by atoms with E-state index >= 15 is 0 Å². The van der Waals surface area contributed by atoms with E-state index in [4.69, 9.17) is 0 Å². The minimum atomic E-state index is 0.822. The van der Waals surface area contributed by atoms with E-state index in [9.17, 15) is 0 Å². The van der Waals surface area contributed by atoms with Gasteiger partial charge >= 0.3 is 0 Å². The Kier molecular flexibility index (Phi) is 4.52. The lowest BCUT2D eigenvalue weighted by Gasteiger charge is -2.07. The van der Waals surface area contributed by atoms with Crippen LogP contribution in [0.2, 0.25) is 0 Å². The van der Waals surface area contributed by atoms with Crippen LogP contribution in [0.3, 0.4) is 0 Å². The Morgan fingerprint density at radius 1 is 1.33 bits per heavy atom. The fourth-order valence-electron chi connectivity index (χ4n) is 1.89. The first kappa shape index (κ1) is 12.8. The number of nitrogens with zero attached hydrogens (tertiary/aromatic N) is 4. The maximum Gasteiger partial charge on any atom is 0.122 e. The van der Waals surface area contributed by atoms with E-state index in [0.717, 1.165) is 38.4 Å². The number of aromatic nitrogens is 4. The van der Waals surface area contributed by atoms with Crippen LogP contribution in [0.15, 0.2) is 24.8 Å². The highest BCUT2D eigenvalue weighted by Crippen LogP contribution is 2.05. The average molecular weight is 247 g/mol. The molecule has 0 aliphatic rings. The predicted molar refractivity (Wildman–Crippen MR) is 71.2 cm³/mol. The standard InChI is InChI=1S/C13H21N5/c1-3-5-14-9-13-15-6-7-17(13)10-12-8-16-18(4-2)11-12/h6-8,11,14H,3-5,9-10H2,1-2H3. The highest BCUT2D eigenvalue weighted by atomic mass is 15.3. The molecule has 0 aliphatic heterocycles. The van der Waals surface area contributed by atoms with Gasteiger partial charge in [0, 0.05) is 30.7 Å². The highest BCUT2D eigenvalue weighted by Gasteiger charge is 2.04. The number of aryl methyl sites for hydroxylation is 1. The molecule has 2 rings (SSSR count). The lowest BCUT2D eigenvalue weighted by Crippen LogP contribution is -2.17. The van der Waals surface area contributed by atoms with Crippen LogP contribution in [-0.2, 0) is 19.6 Å². The summed E-state index contributed by atoms with van der Waals surface area (Å²) in [6.45, 7) is 7.86. The number of nitrogens with one attached hydrogen (secondary N) is 1. The van der Waals surface area contributed by atoms with E-state index in [2.05, 4.69) is 40.0 Å². The molecular weight excluding hydrogens is 226 g/mol. The minimum absolute atomic E-state index is 0.822.